The molecule has 6 heteroatoms. The lowest BCUT2D eigenvalue weighted by atomic mass is 10.5. The lowest BCUT2D eigenvalue weighted by Gasteiger charge is -2.03. The van der Waals surface area contributed by atoms with E-state index in [-0.39, 0.29) is 6.01 Å². The first-order chi connectivity index (χ1) is 6.09. The first-order valence-corrected chi connectivity index (χ1v) is 4.29. The minimum absolute atomic E-state index is 0.0269. The minimum Gasteiger partial charge on any atom is -0.457 e. The Balaban J connectivity index is 2.63. The van der Waals surface area contributed by atoms with Crippen LogP contribution in [0, 0.1) is 6.92 Å². The van der Waals surface area contributed by atoms with Gasteiger partial charge in [-0.2, -0.15) is 4.98 Å². The number of alkyl halides is 2. The summed E-state index contributed by atoms with van der Waals surface area (Å²) in [5.41, 5.74) is 0.652. The van der Waals surface area contributed by atoms with Crippen LogP contribution in [0.3, 0.4) is 0 Å². The summed E-state index contributed by atoms with van der Waals surface area (Å²) in [4.78, 5) is 7.53. The highest BCUT2D eigenvalue weighted by Gasteiger charge is 2.06. The monoisotopic (exact) mass is 252 g/mol. The highest BCUT2D eigenvalue weighted by atomic mass is 79.9. The van der Waals surface area contributed by atoms with Gasteiger partial charge in [-0.05, 0) is 22.9 Å². The second-order valence-electron chi connectivity index (χ2n) is 2.29. The van der Waals surface area contributed by atoms with Crippen LogP contribution < -0.4 is 4.74 Å². The van der Waals surface area contributed by atoms with Crippen molar-refractivity contribution in [1.82, 2.24) is 9.97 Å². The fraction of sp³-hybridized carbons (Fsp3) is 0.429. The first-order valence-electron chi connectivity index (χ1n) is 3.49. The van der Waals surface area contributed by atoms with E-state index < -0.39 is 13.0 Å². The highest BCUT2D eigenvalue weighted by molar-refractivity contribution is 9.10. The summed E-state index contributed by atoms with van der Waals surface area (Å²) in [6.07, 6.45) is -1.05. The van der Waals surface area contributed by atoms with Gasteiger partial charge in [0.1, 0.15) is 0 Å². The zero-order chi connectivity index (χ0) is 9.84. The highest BCUT2D eigenvalue weighted by Crippen LogP contribution is 2.14. The predicted octanol–water partition coefficient (Wildman–Crippen LogP) is 2.19. The Labute approximate surface area is 82.3 Å². The zero-order valence-corrected chi connectivity index (χ0v) is 8.38. The molecule has 0 atom stereocenters. The number of aryl methyl sites for hydroxylation is 1. The molecule has 0 bridgehead atoms. The second-order valence-corrected chi connectivity index (χ2v) is 3.14. The number of nitrogens with zero attached hydrogens (tertiary/aromatic N) is 2. The largest absolute Gasteiger partial charge is 0.457 e. The fourth-order valence-corrected chi connectivity index (χ4v) is 0.829. The summed E-state index contributed by atoms with van der Waals surface area (Å²) in [5, 5.41) is 0. The Hall–Kier alpha value is -0.780. The summed E-state index contributed by atoms with van der Waals surface area (Å²) in [7, 11) is 0. The van der Waals surface area contributed by atoms with Crippen LogP contribution in [0.1, 0.15) is 5.69 Å². The lowest BCUT2D eigenvalue weighted by molar-refractivity contribution is 0.0769. The van der Waals surface area contributed by atoms with Gasteiger partial charge in [-0.1, -0.05) is 0 Å². The van der Waals surface area contributed by atoms with E-state index in [0.717, 1.165) is 4.47 Å². The maximum Gasteiger partial charge on any atom is 0.316 e. The molecule has 0 radical (unpaired) electrons. The maximum atomic E-state index is 11.7. The van der Waals surface area contributed by atoms with Crippen LogP contribution in [0.2, 0.25) is 0 Å². The molecule has 1 rings (SSSR count). The Morgan fingerprint density at radius 1 is 1.62 bits per heavy atom. The third kappa shape index (κ3) is 3.22. The molecule has 0 aromatic carbocycles. The van der Waals surface area contributed by atoms with Gasteiger partial charge in [0.25, 0.3) is 6.43 Å². The van der Waals surface area contributed by atoms with Gasteiger partial charge in [0.2, 0.25) is 0 Å². The third-order valence-electron chi connectivity index (χ3n) is 1.24. The molecule has 0 saturated heterocycles. The normalized spacial score (nSPS) is 10.5. The number of ether oxygens (including phenoxy) is 1. The van der Waals surface area contributed by atoms with Crippen LogP contribution in [-0.4, -0.2) is 23.0 Å². The Bertz CT molecular complexity index is 296. The molecule has 0 amide bonds. The van der Waals surface area contributed by atoms with Crippen molar-refractivity contribution in [3.63, 3.8) is 0 Å². The zero-order valence-electron chi connectivity index (χ0n) is 6.80. The lowest BCUT2D eigenvalue weighted by Crippen LogP contribution is -2.09. The summed E-state index contributed by atoms with van der Waals surface area (Å²) >= 11 is 3.18. The van der Waals surface area contributed by atoms with Gasteiger partial charge < -0.3 is 4.74 Å². The van der Waals surface area contributed by atoms with Gasteiger partial charge >= 0.3 is 6.01 Å². The van der Waals surface area contributed by atoms with E-state index >= 15 is 0 Å². The van der Waals surface area contributed by atoms with E-state index in [9.17, 15) is 8.78 Å². The van der Waals surface area contributed by atoms with Crippen molar-refractivity contribution in [2.45, 2.75) is 13.3 Å². The van der Waals surface area contributed by atoms with Gasteiger partial charge in [-0.3, -0.25) is 0 Å². The molecular weight excluding hydrogens is 246 g/mol. The summed E-state index contributed by atoms with van der Waals surface area (Å²) in [6.45, 7) is 1.04. The summed E-state index contributed by atoms with van der Waals surface area (Å²) in [5.74, 6) is 0. The molecular formula is C7H7BrF2N2O. The minimum atomic E-state index is -2.51. The van der Waals surface area contributed by atoms with Crippen molar-refractivity contribution in [3.8, 4) is 6.01 Å². The smallest absolute Gasteiger partial charge is 0.316 e. The van der Waals surface area contributed by atoms with E-state index in [2.05, 4.69) is 30.6 Å². The number of halogens is 3. The molecule has 0 aliphatic heterocycles. The van der Waals surface area contributed by atoms with Crippen molar-refractivity contribution >= 4 is 15.9 Å². The average Bonchev–Trinajstić information content (AvgIpc) is 2.07. The average molecular weight is 253 g/mol. The van der Waals surface area contributed by atoms with Crippen molar-refractivity contribution in [1.29, 1.82) is 0 Å². The summed E-state index contributed by atoms with van der Waals surface area (Å²) < 4.78 is 28.8. The van der Waals surface area contributed by atoms with E-state index in [0.29, 0.717) is 5.69 Å². The van der Waals surface area contributed by atoms with Crippen LogP contribution in [0.5, 0.6) is 6.01 Å². The molecule has 3 nitrogen and oxygen atoms in total. The predicted molar refractivity (Wildman–Crippen MR) is 46.0 cm³/mol. The molecule has 0 saturated carbocycles. The molecule has 0 N–H and O–H groups in total. The van der Waals surface area contributed by atoms with E-state index in [1.165, 1.54) is 6.20 Å². The number of aromatic nitrogens is 2. The van der Waals surface area contributed by atoms with Crippen LogP contribution in [-0.2, 0) is 0 Å². The Morgan fingerprint density at radius 3 is 2.85 bits per heavy atom. The Morgan fingerprint density at radius 2 is 2.31 bits per heavy atom. The second kappa shape index (κ2) is 4.45. The van der Waals surface area contributed by atoms with Crippen molar-refractivity contribution in [2.75, 3.05) is 6.61 Å². The van der Waals surface area contributed by atoms with Crippen LogP contribution >= 0.6 is 15.9 Å². The molecule has 0 unspecified atom stereocenters. The van der Waals surface area contributed by atoms with Gasteiger partial charge in [-0.15, -0.1) is 0 Å². The summed E-state index contributed by atoms with van der Waals surface area (Å²) in [6, 6.07) is -0.0269. The molecule has 0 aliphatic carbocycles. The third-order valence-corrected chi connectivity index (χ3v) is 2.01. The number of hydrogen-bond acceptors (Lipinski definition) is 3. The number of rotatable bonds is 3. The van der Waals surface area contributed by atoms with Gasteiger partial charge in [0.15, 0.2) is 6.61 Å². The van der Waals surface area contributed by atoms with Crippen LogP contribution in [0.4, 0.5) is 8.78 Å². The van der Waals surface area contributed by atoms with Gasteiger partial charge in [-0.25, -0.2) is 13.8 Å². The molecule has 1 aromatic heterocycles. The molecule has 0 aliphatic rings. The SMILES string of the molecule is Cc1nc(OCC(F)F)ncc1Br. The maximum absolute atomic E-state index is 11.7. The van der Waals surface area contributed by atoms with Crippen molar-refractivity contribution in [2.24, 2.45) is 0 Å². The molecule has 0 spiro atoms. The Kier molecular flexibility index (Phi) is 3.53. The van der Waals surface area contributed by atoms with Gasteiger partial charge in [0.05, 0.1) is 10.2 Å². The van der Waals surface area contributed by atoms with Crippen LogP contribution in [0.25, 0.3) is 0 Å². The topological polar surface area (TPSA) is 35.0 Å². The molecule has 1 aromatic rings. The molecule has 13 heavy (non-hydrogen) atoms. The van der Waals surface area contributed by atoms with E-state index in [1.54, 1.807) is 6.92 Å². The fourth-order valence-electron chi connectivity index (χ4n) is 0.638. The van der Waals surface area contributed by atoms with Crippen molar-refractivity contribution in [3.05, 3.63) is 16.4 Å². The standard InChI is InChI=1S/C7H7BrF2N2O/c1-4-5(8)2-11-7(12-4)13-3-6(9)10/h2,6H,3H2,1H3. The molecule has 72 valence electrons. The quantitative estimate of drug-likeness (QED) is 0.828. The van der Waals surface area contributed by atoms with Crippen molar-refractivity contribution < 1.29 is 13.5 Å². The molecule has 0 fully saturated rings. The van der Waals surface area contributed by atoms with Gasteiger partial charge in [0, 0.05) is 6.20 Å². The van der Waals surface area contributed by atoms with Crippen LogP contribution in [0.15, 0.2) is 10.7 Å². The first kappa shape index (κ1) is 10.3. The number of hydrogen-bond donors (Lipinski definition) is 0. The molecule has 1 heterocycles. The van der Waals surface area contributed by atoms with E-state index in [1.807, 2.05) is 0 Å². The van der Waals surface area contributed by atoms with E-state index in [4.69, 9.17) is 0 Å².